The van der Waals surface area contributed by atoms with E-state index in [0.29, 0.717) is 5.92 Å². The lowest BCUT2D eigenvalue weighted by atomic mass is 10.0. The molecule has 0 aliphatic heterocycles. The molecule has 0 saturated carbocycles. The Bertz CT molecular complexity index is 500. The van der Waals surface area contributed by atoms with Crippen LogP contribution in [0, 0.1) is 5.92 Å². The summed E-state index contributed by atoms with van der Waals surface area (Å²) in [5.41, 5.74) is 3.40. The van der Waals surface area contributed by atoms with E-state index in [2.05, 4.69) is 55.5 Å². The molecule has 0 aliphatic carbocycles. The van der Waals surface area contributed by atoms with E-state index in [1.807, 2.05) is 6.07 Å². The van der Waals surface area contributed by atoms with Gasteiger partial charge in [-0.2, -0.15) is 0 Å². The molecule has 0 aliphatic rings. The van der Waals surface area contributed by atoms with Gasteiger partial charge >= 0.3 is 0 Å². The second-order valence-corrected chi connectivity index (χ2v) is 5.26. The van der Waals surface area contributed by atoms with Crippen LogP contribution in [0.3, 0.4) is 0 Å². The molecule has 2 aromatic rings. The quantitative estimate of drug-likeness (QED) is 0.859. The van der Waals surface area contributed by atoms with Crippen LogP contribution in [0.2, 0.25) is 0 Å². The summed E-state index contributed by atoms with van der Waals surface area (Å²) in [7, 11) is 0. The molecule has 2 rings (SSSR count). The molecule has 1 heterocycles. The number of nitrogens with one attached hydrogen (secondary N) is 1. The zero-order chi connectivity index (χ0) is 13.7. The van der Waals surface area contributed by atoms with Gasteiger partial charge in [-0.15, -0.1) is 0 Å². The lowest BCUT2D eigenvalue weighted by Gasteiger charge is -2.04. The lowest BCUT2D eigenvalue weighted by Crippen LogP contribution is -2.11. The average Bonchev–Trinajstić information content (AvgIpc) is 2.85. The van der Waals surface area contributed by atoms with Crippen LogP contribution in [0.15, 0.2) is 34.9 Å². The maximum absolute atomic E-state index is 5.38. The molecule has 0 saturated heterocycles. The molecule has 0 radical (unpaired) electrons. The fourth-order valence-corrected chi connectivity index (χ4v) is 2.06. The van der Waals surface area contributed by atoms with E-state index in [1.54, 1.807) is 0 Å². The molecule has 0 atom stereocenters. The summed E-state index contributed by atoms with van der Waals surface area (Å²) in [5.74, 6) is 1.52. The van der Waals surface area contributed by atoms with E-state index >= 15 is 0 Å². The van der Waals surface area contributed by atoms with Crippen LogP contribution in [0.25, 0.3) is 11.3 Å². The van der Waals surface area contributed by atoms with E-state index in [4.69, 9.17) is 4.52 Å². The van der Waals surface area contributed by atoms with Gasteiger partial charge < -0.3 is 9.84 Å². The van der Waals surface area contributed by atoms with E-state index < -0.39 is 0 Å². The molecule has 1 aromatic carbocycles. The molecule has 1 N–H and O–H groups in total. The third kappa shape index (κ3) is 3.93. The van der Waals surface area contributed by atoms with E-state index in [1.165, 1.54) is 5.56 Å². The van der Waals surface area contributed by atoms with Gasteiger partial charge in [-0.05, 0) is 24.4 Å². The number of benzene rings is 1. The standard InChI is InChI=1S/C16H22N2O/c1-4-17-11-15-10-16(19-18-15)14-7-5-13(6-8-14)9-12(2)3/h5-8,10,12,17H,4,9,11H2,1-3H3. The van der Waals surface area contributed by atoms with Crippen molar-refractivity contribution >= 4 is 0 Å². The summed E-state index contributed by atoms with van der Waals surface area (Å²) >= 11 is 0. The topological polar surface area (TPSA) is 38.1 Å². The second kappa shape index (κ2) is 6.53. The fraction of sp³-hybridized carbons (Fsp3) is 0.438. The largest absolute Gasteiger partial charge is 0.356 e. The van der Waals surface area contributed by atoms with E-state index in [9.17, 15) is 0 Å². The molecule has 102 valence electrons. The minimum atomic E-state index is 0.683. The molecule has 0 bridgehead atoms. The van der Waals surface area contributed by atoms with Crippen molar-refractivity contribution in [3.63, 3.8) is 0 Å². The lowest BCUT2D eigenvalue weighted by molar-refractivity contribution is 0.420. The van der Waals surface area contributed by atoms with Crippen LogP contribution < -0.4 is 5.32 Å². The predicted molar refractivity (Wildman–Crippen MR) is 77.9 cm³/mol. The molecular weight excluding hydrogens is 236 g/mol. The molecule has 0 unspecified atom stereocenters. The van der Waals surface area contributed by atoms with Crippen LogP contribution in [-0.2, 0) is 13.0 Å². The fourth-order valence-electron chi connectivity index (χ4n) is 2.06. The molecule has 0 spiro atoms. The first-order chi connectivity index (χ1) is 9.19. The van der Waals surface area contributed by atoms with Crippen LogP contribution in [0.4, 0.5) is 0 Å². The number of rotatable bonds is 6. The summed E-state index contributed by atoms with van der Waals surface area (Å²) in [6.07, 6.45) is 1.11. The minimum Gasteiger partial charge on any atom is -0.356 e. The summed E-state index contributed by atoms with van der Waals surface area (Å²) in [5, 5.41) is 7.30. The Kier molecular flexibility index (Phi) is 4.74. The van der Waals surface area contributed by atoms with Crippen LogP contribution in [0.1, 0.15) is 32.0 Å². The first-order valence-electron chi connectivity index (χ1n) is 6.94. The minimum absolute atomic E-state index is 0.683. The molecule has 19 heavy (non-hydrogen) atoms. The normalized spacial score (nSPS) is 11.2. The van der Waals surface area contributed by atoms with Gasteiger partial charge in [-0.1, -0.05) is 50.2 Å². The molecule has 3 heteroatoms. The van der Waals surface area contributed by atoms with Crippen molar-refractivity contribution in [1.82, 2.24) is 10.5 Å². The van der Waals surface area contributed by atoms with Crippen LogP contribution in [0.5, 0.6) is 0 Å². The van der Waals surface area contributed by atoms with Crippen molar-refractivity contribution in [2.45, 2.75) is 33.7 Å². The zero-order valence-corrected chi connectivity index (χ0v) is 11.9. The highest BCUT2D eigenvalue weighted by Crippen LogP contribution is 2.21. The Balaban J connectivity index is 2.07. The summed E-state index contributed by atoms with van der Waals surface area (Å²) in [6, 6.07) is 10.5. The predicted octanol–water partition coefficient (Wildman–Crippen LogP) is 3.65. The van der Waals surface area contributed by atoms with Gasteiger partial charge in [0.05, 0.1) is 5.69 Å². The summed E-state index contributed by atoms with van der Waals surface area (Å²) in [6.45, 7) is 8.24. The van der Waals surface area contributed by atoms with Gasteiger partial charge in [0.1, 0.15) is 0 Å². The number of aromatic nitrogens is 1. The first-order valence-corrected chi connectivity index (χ1v) is 6.94. The maximum Gasteiger partial charge on any atom is 0.167 e. The van der Waals surface area contributed by atoms with Crippen molar-refractivity contribution in [1.29, 1.82) is 0 Å². The maximum atomic E-state index is 5.38. The first kappa shape index (κ1) is 13.8. The highest BCUT2D eigenvalue weighted by atomic mass is 16.5. The van der Waals surface area contributed by atoms with E-state index in [-0.39, 0.29) is 0 Å². The Morgan fingerprint density at radius 2 is 1.95 bits per heavy atom. The highest BCUT2D eigenvalue weighted by Gasteiger charge is 2.06. The Morgan fingerprint density at radius 3 is 2.58 bits per heavy atom. The molecular formula is C16H22N2O. The highest BCUT2D eigenvalue weighted by molar-refractivity contribution is 5.57. The molecule has 3 nitrogen and oxygen atoms in total. The van der Waals surface area contributed by atoms with E-state index in [0.717, 1.165) is 36.5 Å². The molecule has 0 fully saturated rings. The molecule has 1 aromatic heterocycles. The van der Waals surface area contributed by atoms with Gasteiger partial charge in [0.25, 0.3) is 0 Å². The van der Waals surface area contributed by atoms with Gasteiger partial charge in [0.2, 0.25) is 0 Å². The van der Waals surface area contributed by atoms with Crippen molar-refractivity contribution in [3.05, 3.63) is 41.6 Å². The van der Waals surface area contributed by atoms with Crippen LogP contribution in [-0.4, -0.2) is 11.7 Å². The molecule has 0 amide bonds. The van der Waals surface area contributed by atoms with Gasteiger partial charge in [-0.25, -0.2) is 0 Å². The summed E-state index contributed by atoms with van der Waals surface area (Å²) < 4.78 is 5.38. The Hall–Kier alpha value is -1.61. The van der Waals surface area contributed by atoms with Crippen molar-refractivity contribution in [2.75, 3.05) is 6.54 Å². The number of hydrogen-bond acceptors (Lipinski definition) is 3. The summed E-state index contributed by atoms with van der Waals surface area (Å²) in [4.78, 5) is 0. The van der Waals surface area contributed by atoms with Crippen LogP contribution >= 0.6 is 0 Å². The van der Waals surface area contributed by atoms with Gasteiger partial charge in [0.15, 0.2) is 5.76 Å². The number of nitrogens with zero attached hydrogens (tertiary/aromatic N) is 1. The SMILES string of the molecule is CCNCc1cc(-c2ccc(CC(C)C)cc2)on1. The Morgan fingerprint density at radius 1 is 1.21 bits per heavy atom. The zero-order valence-electron chi connectivity index (χ0n) is 11.9. The van der Waals surface area contributed by atoms with Gasteiger partial charge in [-0.3, -0.25) is 0 Å². The van der Waals surface area contributed by atoms with Gasteiger partial charge in [0, 0.05) is 18.2 Å². The monoisotopic (exact) mass is 258 g/mol. The van der Waals surface area contributed by atoms with Crippen molar-refractivity contribution in [3.8, 4) is 11.3 Å². The average molecular weight is 258 g/mol. The number of hydrogen-bond donors (Lipinski definition) is 1. The third-order valence-corrected chi connectivity index (χ3v) is 3.00. The smallest absolute Gasteiger partial charge is 0.167 e. The second-order valence-electron chi connectivity index (χ2n) is 5.26. The van der Waals surface area contributed by atoms with Crippen molar-refractivity contribution in [2.24, 2.45) is 5.92 Å². The van der Waals surface area contributed by atoms with Crippen molar-refractivity contribution < 1.29 is 4.52 Å². The third-order valence-electron chi connectivity index (χ3n) is 3.00. The Labute approximate surface area is 115 Å².